The smallest absolute Gasteiger partial charge is 0.0466 e. The van der Waals surface area contributed by atoms with Crippen molar-refractivity contribution in [2.45, 2.75) is 110 Å². The van der Waals surface area contributed by atoms with E-state index in [1.807, 2.05) is 0 Å². The third-order valence-corrected chi connectivity index (χ3v) is 4.27. The van der Waals surface area contributed by atoms with Crippen LogP contribution < -0.4 is 0 Å². The van der Waals surface area contributed by atoms with Gasteiger partial charge in [0, 0.05) is 26.4 Å². The summed E-state index contributed by atoms with van der Waals surface area (Å²) < 4.78 is 11.0. The molecular formula is C21H44O2. The van der Waals surface area contributed by atoms with Crippen molar-refractivity contribution < 1.29 is 9.47 Å². The maximum Gasteiger partial charge on any atom is 0.0466 e. The van der Waals surface area contributed by atoms with E-state index in [-0.39, 0.29) is 0 Å². The van der Waals surface area contributed by atoms with Gasteiger partial charge in [-0.1, -0.05) is 84.5 Å². The van der Waals surface area contributed by atoms with Crippen molar-refractivity contribution in [3.05, 3.63) is 0 Å². The second kappa shape index (κ2) is 21.9. The summed E-state index contributed by atoms with van der Waals surface area (Å²) in [6, 6.07) is 0. The molecule has 0 N–H and O–H groups in total. The molecule has 0 aliphatic carbocycles. The Morgan fingerprint density at radius 2 is 0.609 bits per heavy atom. The molecule has 0 saturated heterocycles. The van der Waals surface area contributed by atoms with E-state index in [0.717, 1.165) is 39.3 Å². The number of ether oxygens (including phenoxy) is 2. The Morgan fingerprint density at radius 3 is 0.870 bits per heavy atom. The van der Waals surface area contributed by atoms with Crippen molar-refractivity contribution in [3.8, 4) is 0 Å². The molecule has 0 atom stereocenters. The molecule has 0 fully saturated rings. The second-order valence-corrected chi connectivity index (χ2v) is 6.82. The summed E-state index contributed by atoms with van der Waals surface area (Å²) >= 11 is 0. The molecular weight excluding hydrogens is 284 g/mol. The van der Waals surface area contributed by atoms with Gasteiger partial charge in [-0.05, 0) is 25.7 Å². The Morgan fingerprint density at radius 1 is 0.348 bits per heavy atom. The van der Waals surface area contributed by atoms with E-state index in [2.05, 4.69) is 13.8 Å². The molecule has 2 heteroatoms. The predicted molar refractivity (Wildman–Crippen MR) is 102 cm³/mol. The third kappa shape index (κ3) is 21.9. The van der Waals surface area contributed by atoms with Crippen LogP contribution in [-0.4, -0.2) is 26.4 Å². The van der Waals surface area contributed by atoms with Crippen molar-refractivity contribution in [3.63, 3.8) is 0 Å². The summed E-state index contributed by atoms with van der Waals surface area (Å²) in [5.74, 6) is 0. The van der Waals surface area contributed by atoms with Gasteiger partial charge < -0.3 is 9.47 Å². The van der Waals surface area contributed by atoms with Gasteiger partial charge in [-0.25, -0.2) is 0 Å². The summed E-state index contributed by atoms with van der Waals surface area (Å²) in [4.78, 5) is 0. The van der Waals surface area contributed by atoms with Crippen LogP contribution in [0.4, 0.5) is 0 Å². The highest BCUT2D eigenvalue weighted by Gasteiger charge is 1.95. The van der Waals surface area contributed by atoms with Gasteiger partial charge in [0.15, 0.2) is 0 Å². The number of rotatable bonds is 20. The van der Waals surface area contributed by atoms with E-state index >= 15 is 0 Å². The molecule has 0 aliphatic heterocycles. The lowest BCUT2D eigenvalue weighted by molar-refractivity contribution is 0.130. The van der Waals surface area contributed by atoms with Gasteiger partial charge in [0.25, 0.3) is 0 Å². The normalized spacial score (nSPS) is 11.2. The zero-order valence-electron chi connectivity index (χ0n) is 16.3. The minimum absolute atomic E-state index is 0.937. The SMILES string of the molecule is CCCOCCCCCCCCCCCCCCCOCCC. The first-order chi connectivity index (χ1) is 11.4. The third-order valence-electron chi connectivity index (χ3n) is 4.27. The molecule has 0 unspecified atom stereocenters. The molecule has 0 heterocycles. The van der Waals surface area contributed by atoms with Gasteiger partial charge in [0.05, 0.1) is 0 Å². The minimum atomic E-state index is 0.937. The zero-order valence-corrected chi connectivity index (χ0v) is 16.3. The van der Waals surface area contributed by atoms with Gasteiger partial charge in [0.2, 0.25) is 0 Å². The zero-order chi connectivity index (χ0) is 16.8. The Kier molecular flexibility index (Phi) is 21.8. The number of unbranched alkanes of at least 4 members (excludes halogenated alkanes) is 12. The quantitative estimate of drug-likeness (QED) is 0.226. The second-order valence-electron chi connectivity index (χ2n) is 6.82. The topological polar surface area (TPSA) is 18.5 Å². The van der Waals surface area contributed by atoms with Crippen LogP contribution in [0.3, 0.4) is 0 Å². The lowest BCUT2D eigenvalue weighted by atomic mass is 10.0. The van der Waals surface area contributed by atoms with Crippen LogP contribution in [0.1, 0.15) is 110 Å². The Bertz CT molecular complexity index is 174. The standard InChI is InChI=1S/C21H44O2/c1-3-18-22-20-16-14-12-10-8-6-5-7-9-11-13-15-17-21-23-19-4-2/h3-21H2,1-2H3. The van der Waals surface area contributed by atoms with Crippen molar-refractivity contribution >= 4 is 0 Å². The highest BCUT2D eigenvalue weighted by molar-refractivity contribution is 4.49. The van der Waals surface area contributed by atoms with Gasteiger partial charge in [-0.15, -0.1) is 0 Å². The minimum Gasteiger partial charge on any atom is -0.381 e. The summed E-state index contributed by atoms with van der Waals surface area (Å²) in [5, 5.41) is 0. The van der Waals surface area contributed by atoms with Gasteiger partial charge in [-0.3, -0.25) is 0 Å². The van der Waals surface area contributed by atoms with Crippen LogP contribution in [-0.2, 0) is 9.47 Å². The fraction of sp³-hybridized carbons (Fsp3) is 1.00. The van der Waals surface area contributed by atoms with Crippen molar-refractivity contribution in [2.75, 3.05) is 26.4 Å². The molecule has 0 aromatic carbocycles. The molecule has 23 heavy (non-hydrogen) atoms. The van der Waals surface area contributed by atoms with Crippen LogP contribution in [0.2, 0.25) is 0 Å². The van der Waals surface area contributed by atoms with E-state index in [0.29, 0.717) is 0 Å². The molecule has 0 bridgehead atoms. The fourth-order valence-electron chi connectivity index (χ4n) is 2.85. The molecule has 0 aromatic rings. The largest absolute Gasteiger partial charge is 0.381 e. The van der Waals surface area contributed by atoms with Crippen molar-refractivity contribution in [2.24, 2.45) is 0 Å². The molecule has 0 aromatic heterocycles. The van der Waals surface area contributed by atoms with Crippen molar-refractivity contribution in [1.82, 2.24) is 0 Å². The fourth-order valence-corrected chi connectivity index (χ4v) is 2.85. The van der Waals surface area contributed by atoms with Crippen molar-refractivity contribution in [1.29, 1.82) is 0 Å². The van der Waals surface area contributed by atoms with Crippen LogP contribution in [0, 0.1) is 0 Å². The lowest BCUT2D eigenvalue weighted by Gasteiger charge is -2.04. The Balaban J connectivity index is 2.92. The van der Waals surface area contributed by atoms with Gasteiger partial charge in [-0.2, -0.15) is 0 Å². The molecule has 0 aliphatic rings. The molecule has 0 rings (SSSR count). The summed E-state index contributed by atoms with van der Waals surface area (Å²) in [7, 11) is 0. The summed E-state index contributed by atoms with van der Waals surface area (Å²) in [6.07, 6.45) is 20.3. The van der Waals surface area contributed by atoms with Gasteiger partial charge in [0.1, 0.15) is 0 Å². The highest BCUT2D eigenvalue weighted by Crippen LogP contribution is 2.12. The molecule has 140 valence electrons. The van der Waals surface area contributed by atoms with E-state index in [1.54, 1.807) is 0 Å². The average Bonchev–Trinajstić information content (AvgIpc) is 2.57. The molecule has 2 nitrogen and oxygen atoms in total. The highest BCUT2D eigenvalue weighted by atomic mass is 16.5. The maximum absolute atomic E-state index is 5.50. The van der Waals surface area contributed by atoms with E-state index in [9.17, 15) is 0 Å². The van der Waals surface area contributed by atoms with Crippen LogP contribution in [0.5, 0.6) is 0 Å². The van der Waals surface area contributed by atoms with E-state index in [4.69, 9.17) is 9.47 Å². The Labute approximate surface area is 146 Å². The monoisotopic (exact) mass is 328 g/mol. The maximum atomic E-state index is 5.50. The number of hydrogen-bond acceptors (Lipinski definition) is 2. The van der Waals surface area contributed by atoms with E-state index in [1.165, 1.54) is 83.5 Å². The van der Waals surface area contributed by atoms with Crippen LogP contribution in [0.15, 0.2) is 0 Å². The first-order valence-electron chi connectivity index (χ1n) is 10.6. The molecule has 0 spiro atoms. The number of hydrogen-bond donors (Lipinski definition) is 0. The molecule has 0 amide bonds. The van der Waals surface area contributed by atoms with E-state index < -0.39 is 0 Å². The lowest BCUT2D eigenvalue weighted by Crippen LogP contribution is -1.95. The Hall–Kier alpha value is -0.0800. The summed E-state index contributed by atoms with van der Waals surface area (Å²) in [6.45, 7) is 8.16. The average molecular weight is 329 g/mol. The predicted octanol–water partition coefficient (Wildman–Crippen LogP) is 6.91. The first-order valence-corrected chi connectivity index (χ1v) is 10.6. The molecule has 0 radical (unpaired) electrons. The van der Waals surface area contributed by atoms with Crippen LogP contribution >= 0.6 is 0 Å². The summed E-state index contributed by atoms with van der Waals surface area (Å²) in [5.41, 5.74) is 0. The van der Waals surface area contributed by atoms with Crippen LogP contribution in [0.25, 0.3) is 0 Å². The molecule has 0 saturated carbocycles. The van der Waals surface area contributed by atoms with Gasteiger partial charge >= 0.3 is 0 Å². The first kappa shape index (κ1) is 22.9.